The molecular weight excluding hydrogens is 444 g/mol. The van der Waals surface area contributed by atoms with Gasteiger partial charge in [-0.25, -0.2) is 10.3 Å². The molecule has 2 N–H and O–H groups in total. The molecule has 2 atom stereocenters. The summed E-state index contributed by atoms with van der Waals surface area (Å²) in [5.41, 5.74) is 3.58. The number of ether oxygens (including phenoxy) is 2. The van der Waals surface area contributed by atoms with Crippen LogP contribution in [0.5, 0.6) is 0 Å². The smallest absolute Gasteiger partial charge is 0.326 e. The van der Waals surface area contributed by atoms with Crippen molar-refractivity contribution in [2.45, 2.75) is 98.1 Å². The van der Waals surface area contributed by atoms with Crippen molar-refractivity contribution in [2.24, 2.45) is 11.8 Å². The molecule has 1 saturated carbocycles. The Morgan fingerprint density at radius 1 is 1.06 bits per heavy atom. The molecule has 7 heteroatoms. The molecule has 1 amide bonds. The van der Waals surface area contributed by atoms with Crippen LogP contribution in [0.25, 0.3) is 6.08 Å². The zero-order valence-corrected chi connectivity index (χ0v) is 22.3. The number of hydrogen-bond acceptors (Lipinski definition) is 6. The van der Waals surface area contributed by atoms with E-state index in [0.29, 0.717) is 31.4 Å². The van der Waals surface area contributed by atoms with Crippen molar-refractivity contribution in [2.75, 3.05) is 6.61 Å². The molecular formula is C28H44N2O5. The molecule has 1 aliphatic carbocycles. The van der Waals surface area contributed by atoms with Gasteiger partial charge in [0.25, 0.3) is 5.91 Å². The molecule has 2 rings (SSSR count). The molecule has 196 valence electrons. The predicted molar refractivity (Wildman–Crippen MR) is 138 cm³/mol. The van der Waals surface area contributed by atoms with Gasteiger partial charge >= 0.3 is 5.97 Å². The summed E-state index contributed by atoms with van der Waals surface area (Å²) in [6.07, 6.45) is 7.58. The van der Waals surface area contributed by atoms with Crippen LogP contribution in [0.3, 0.4) is 0 Å². The molecule has 0 bridgehead atoms. The number of esters is 1. The zero-order valence-electron chi connectivity index (χ0n) is 22.3. The predicted octanol–water partition coefficient (Wildman–Crippen LogP) is 5.15. The molecule has 0 aromatic heterocycles. The standard InChI is InChI=1S/C28H44N2O5/c1-20(2)17-28(6,27(32)34-25-9-7-8-10-25)29-18-24-13-11-23(12-14-24)15-16-26(31)30-35-22(5)33-19-21(3)4/h11-16,20-22,25,29H,7-10,17-19H2,1-6H3,(H,30,31)/t22?,28-/m0/s1. The summed E-state index contributed by atoms with van der Waals surface area (Å²) < 4.78 is 11.3. The van der Waals surface area contributed by atoms with Crippen molar-refractivity contribution in [3.8, 4) is 0 Å². The summed E-state index contributed by atoms with van der Waals surface area (Å²) in [5, 5.41) is 3.45. The fraction of sp³-hybridized carbons (Fsp3) is 0.643. The maximum atomic E-state index is 13.0. The minimum Gasteiger partial charge on any atom is -0.461 e. The lowest BCUT2D eigenvalue weighted by Gasteiger charge is -2.31. The summed E-state index contributed by atoms with van der Waals surface area (Å²) in [7, 11) is 0. The molecule has 1 aromatic carbocycles. The van der Waals surface area contributed by atoms with E-state index in [1.807, 2.05) is 45.0 Å². The van der Waals surface area contributed by atoms with E-state index < -0.39 is 11.8 Å². The fourth-order valence-electron chi connectivity index (χ4n) is 4.08. The summed E-state index contributed by atoms with van der Waals surface area (Å²) >= 11 is 0. The molecule has 0 heterocycles. The lowest BCUT2D eigenvalue weighted by Crippen LogP contribution is -2.51. The van der Waals surface area contributed by atoms with E-state index in [4.69, 9.17) is 14.3 Å². The van der Waals surface area contributed by atoms with Gasteiger partial charge in [-0.05, 0) is 75.0 Å². The Kier molecular flexibility index (Phi) is 11.9. The molecule has 7 nitrogen and oxygen atoms in total. The van der Waals surface area contributed by atoms with E-state index in [1.165, 1.54) is 6.08 Å². The molecule has 0 spiro atoms. The van der Waals surface area contributed by atoms with E-state index in [-0.39, 0.29) is 18.0 Å². The highest BCUT2D eigenvalue weighted by atomic mass is 16.8. The first kappa shape index (κ1) is 29.0. The van der Waals surface area contributed by atoms with Gasteiger partial charge in [0.2, 0.25) is 0 Å². The van der Waals surface area contributed by atoms with Crippen LogP contribution in [-0.4, -0.2) is 36.4 Å². The Labute approximate surface area is 210 Å². The van der Waals surface area contributed by atoms with Gasteiger partial charge < -0.3 is 9.47 Å². The number of carbonyl (C=O) groups is 2. The highest BCUT2D eigenvalue weighted by Crippen LogP contribution is 2.25. The van der Waals surface area contributed by atoms with Gasteiger partial charge in [0.1, 0.15) is 11.6 Å². The van der Waals surface area contributed by atoms with E-state index in [2.05, 4.69) is 24.6 Å². The number of amides is 1. The van der Waals surface area contributed by atoms with Gasteiger partial charge in [-0.3, -0.25) is 14.9 Å². The highest BCUT2D eigenvalue weighted by Gasteiger charge is 2.37. The van der Waals surface area contributed by atoms with E-state index in [0.717, 1.165) is 36.8 Å². The number of carbonyl (C=O) groups excluding carboxylic acids is 2. The summed E-state index contributed by atoms with van der Waals surface area (Å²) in [6.45, 7) is 13.1. The summed E-state index contributed by atoms with van der Waals surface area (Å²) in [6, 6.07) is 7.85. The van der Waals surface area contributed by atoms with E-state index in [1.54, 1.807) is 13.0 Å². The maximum Gasteiger partial charge on any atom is 0.326 e. The van der Waals surface area contributed by atoms with Crippen molar-refractivity contribution in [3.05, 3.63) is 41.5 Å². The third-order valence-electron chi connectivity index (χ3n) is 5.92. The van der Waals surface area contributed by atoms with E-state index in [9.17, 15) is 9.59 Å². The average Bonchev–Trinajstić information content (AvgIpc) is 3.32. The summed E-state index contributed by atoms with van der Waals surface area (Å²) in [5.74, 6) is 0.233. The Morgan fingerprint density at radius 2 is 1.71 bits per heavy atom. The first-order valence-electron chi connectivity index (χ1n) is 12.9. The summed E-state index contributed by atoms with van der Waals surface area (Å²) in [4.78, 5) is 30.2. The van der Waals surface area contributed by atoms with Crippen LogP contribution in [0, 0.1) is 11.8 Å². The molecule has 0 radical (unpaired) electrons. The van der Waals surface area contributed by atoms with Crippen LogP contribution in [-0.2, 0) is 30.4 Å². The zero-order chi connectivity index (χ0) is 25.8. The minimum absolute atomic E-state index is 0.0558. The van der Waals surface area contributed by atoms with Crippen molar-refractivity contribution >= 4 is 18.0 Å². The second-order valence-electron chi connectivity index (χ2n) is 10.5. The third kappa shape index (κ3) is 10.9. The molecule has 35 heavy (non-hydrogen) atoms. The van der Waals surface area contributed by atoms with Crippen LogP contribution < -0.4 is 10.8 Å². The molecule has 1 aliphatic rings. The minimum atomic E-state index is -0.733. The van der Waals surface area contributed by atoms with Gasteiger partial charge in [0.05, 0.1) is 6.61 Å². The Morgan fingerprint density at radius 3 is 2.31 bits per heavy atom. The molecule has 0 saturated heterocycles. The van der Waals surface area contributed by atoms with Crippen LogP contribution in [0.4, 0.5) is 0 Å². The number of nitrogens with one attached hydrogen (secondary N) is 2. The largest absolute Gasteiger partial charge is 0.461 e. The molecule has 1 aromatic rings. The number of hydroxylamine groups is 1. The van der Waals surface area contributed by atoms with Crippen molar-refractivity contribution in [1.29, 1.82) is 0 Å². The first-order valence-corrected chi connectivity index (χ1v) is 12.9. The van der Waals surface area contributed by atoms with Crippen LogP contribution in [0.1, 0.15) is 84.8 Å². The fourth-order valence-corrected chi connectivity index (χ4v) is 4.08. The monoisotopic (exact) mass is 488 g/mol. The van der Waals surface area contributed by atoms with Gasteiger partial charge in [0.15, 0.2) is 6.29 Å². The lowest BCUT2D eigenvalue weighted by atomic mass is 9.90. The second-order valence-corrected chi connectivity index (χ2v) is 10.5. The SMILES string of the molecule is CC(C)COC(C)ONC(=O)C=Cc1ccc(CN[C@@](C)(CC(C)C)C(=O)OC2CCCC2)cc1. The van der Waals surface area contributed by atoms with Gasteiger partial charge in [-0.1, -0.05) is 52.0 Å². The Bertz CT molecular complexity index is 815. The Hall–Kier alpha value is -2.22. The number of rotatable bonds is 14. The van der Waals surface area contributed by atoms with Crippen LogP contribution >= 0.6 is 0 Å². The number of benzene rings is 1. The van der Waals surface area contributed by atoms with Gasteiger partial charge in [-0.2, -0.15) is 0 Å². The normalized spacial score (nSPS) is 17.1. The quantitative estimate of drug-likeness (QED) is 0.163. The highest BCUT2D eigenvalue weighted by molar-refractivity contribution is 5.90. The Balaban J connectivity index is 1.85. The number of hydrogen-bond donors (Lipinski definition) is 2. The van der Waals surface area contributed by atoms with E-state index >= 15 is 0 Å². The van der Waals surface area contributed by atoms with Gasteiger partial charge in [0, 0.05) is 12.6 Å². The van der Waals surface area contributed by atoms with Crippen LogP contribution in [0.15, 0.2) is 30.3 Å². The average molecular weight is 489 g/mol. The van der Waals surface area contributed by atoms with Crippen molar-refractivity contribution < 1.29 is 23.9 Å². The van der Waals surface area contributed by atoms with Crippen molar-refractivity contribution in [1.82, 2.24) is 10.8 Å². The second kappa shape index (κ2) is 14.4. The molecule has 1 fully saturated rings. The molecule has 0 aliphatic heterocycles. The van der Waals surface area contributed by atoms with Crippen molar-refractivity contribution in [3.63, 3.8) is 0 Å². The first-order chi connectivity index (χ1) is 16.6. The molecule has 1 unspecified atom stereocenters. The maximum absolute atomic E-state index is 13.0. The topological polar surface area (TPSA) is 85.9 Å². The third-order valence-corrected chi connectivity index (χ3v) is 5.92. The van der Waals surface area contributed by atoms with Gasteiger partial charge in [-0.15, -0.1) is 0 Å². The lowest BCUT2D eigenvalue weighted by molar-refractivity contribution is -0.180. The van der Waals surface area contributed by atoms with Crippen LogP contribution in [0.2, 0.25) is 0 Å².